The van der Waals surface area contributed by atoms with Crippen LogP contribution in [0.5, 0.6) is 5.75 Å². The van der Waals surface area contributed by atoms with Crippen LogP contribution in [0.1, 0.15) is 15.9 Å². The van der Waals surface area contributed by atoms with Gasteiger partial charge in [0.15, 0.2) is 0 Å². The molecule has 0 heterocycles. The van der Waals surface area contributed by atoms with Crippen LogP contribution >= 0.6 is 0 Å². The van der Waals surface area contributed by atoms with E-state index in [1.807, 2.05) is 0 Å². The normalized spacial score (nSPS) is 10.8. The number of ether oxygens (including phenoxy) is 1. The van der Waals surface area contributed by atoms with Crippen molar-refractivity contribution >= 4 is 23.6 Å². The van der Waals surface area contributed by atoms with E-state index in [-0.39, 0.29) is 16.9 Å². The third-order valence-corrected chi connectivity index (χ3v) is 3.22. The van der Waals surface area contributed by atoms with E-state index in [1.54, 1.807) is 24.3 Å². The van der Waals surface area contributed by atoms with Crippen LogP contribution in [0.15, 0.2) is 54.2 Å². The second-order valence-corrected chi connectivity index (χ2v) is 4.90. The number of aliphatic carboxylic acids is 1. The number of carboxylic acid groups (broad SMARTS) is 1. The second kappa shape index (κ2) is 7.73. The molecule has 0 aromatic heterocycles. The molecule has 0 atom stereocenters. The van der Waals surface area contributed by atoms with Crippen LogP contribution in [-0.2, 0) is 4.79 Å². The molecule has 0 saturated carbocycles. The van der Waals surface area contributed by atoms with Gasteiger partial charge in [-0.25, -0.2) is 4.79 Å². The molecular formula is C17H14N2O6. The number of nitrogens with zero attached hydrogens (tertiary/aromatic N) is 1. The fourth-order valence-corrected chi connectivity index (χ4v) is 1.97. The maximum Gasteiger partial charge on any atom is 0.352 e. The first-order valence-corrected chi connectivity index (χ1v) is 7.05. The summed E-state index contributed by atoms with van der Waals surface area (Å²) in [7, 11) is 1.51. The Balaban J connectivity index is 2.24. The number of carbonyl (C=O) groups excluding carboxylic acids is 1. The smallest absolute Gasteiger partial charge is 0.352 e. The van der Waals surface area contributed by atoms with Crippen LogP contribution in [0, 0.1) is 10.1 Å². The zero-order chi connectivity index (χ0) is 18.4. The first-order chi connectivity index (χ1) is 11.9. The van der Waals surface area contributed by atoms with Crippen molar-refractivity contribution in [1.82, 2.24) is 5.32 Å². The first kappa shape index (κ1) is 17.7. The SMILES string of the molecule is COc1ccc(/C=C(/NC(=O)c2cccc([N+](=O)[O-])c2)C(=O)O)cc1. The summed E-state index contributed by atoms with van der Waals surface area (Å²) in [6, 6.07) is 11.6. The third kappa shape index (κ3) is 4.64. The van der Waals surface area contributed by atoms with Crippen molar-refractivity contribution in [1.29, 1.82) is 0 Å². The average Bonchev–Trinajstić information content (AvgIpc) is 2.61. The number of carboxylic acids is 1. The molecule has 2 rings (SSSR count). The van der Waals surface area contributed by atoms with Crippen molar-refractivity contribution in [3.63, 3.8) is 0 Å². The first-order valence-electron chi connectivity index (χ1n) is 7.05. The Bertz CT molecular complexity index is 842. The number of methoxy groups -OCH3 is 1. The molecule has 0 aliphatic rings. The molecule has 0 fully saturated rings. The summed E-state index contributed by atoms with van der Waals surface area (Å²) in [5.74, 6) is -1.49. The summed E-state index contributed by atoms with van der Waals surface area (Å²) in [6.45, 7) is 0. The van der Waals surface area contributed by atoms with Crippen molar-refractivity contribution < 1.29 is 24.4 Å². The van der Waals surface area contributed by atoms with Crippen LogP contribution < -0.4 is 10.1 Å². The summed E-state index contributed by atoms with van der Waals surface area (Å²) in [5.41, 5.74) is -0.0982. The summed E-state index contributed by atoms with van der Waals surface area (Å²) >= 11 is 0. The van der Waals surface area contributed by atoms with E-state index in [9.17, 15) is 24.8 Å². The predicted molar refractivity (Wildman–Crippen MR) is 89.2 cm³/mol. The highest BCUT2D eigenvalue weighted by Gasteiger charge is 2.16. The number of nitro benzene ring substituents is 1. The lowest BCUT2D eigenvalue weighted by atomic mass is 10.1. The van der Waals surface area contributed by atoms with Gasteiger partial charge in [-0.2, -0.15) is 0 Å². The van der Waals surface area contributed by atoms with E-state index in [2.05, 4.69) is 5.32 Å². The lowest BCUT2D eigenvalue weighted by molar-refractivity contribution is -0.384. The number of nitro groups is 1. The lowest BCUT2D eigenvalue weighted by Crippen LogP contribution is -2.27. The van der Waals surface area contributed by atoms with Gasteiger partial charge in [-0.3, -0.25) is 14.9 Å². The minimum absolute atomic E-state index is 0.0175. The Hall–Kier alpha value is -3.68. The molecule has 0 radical (unpaired) electrons. The van der Waals surface area contributed by atoms with E-state index in [0.29, 0.717) is 11.3 Å². The quantitative estimate of drug-likeness (QED) is 0.473. The highest BCUT2D eigenvalue weighted by Crippen LogP contribution is 2.15. The standard InChI is InChI=1S/C17H14N2O6/c1-25-14-7-5-11(6-8-14)9-15(17(21)22)18-16(20)12-3-2-4-13(10-12)19(23)24/h2-10H,1H3,(H,18,20)(H,21,22)/b15-9+. The number of carbonyl (C=O) groups is 2. The van der Waals surface area contributed by atoms with Gasteiger partial charge in [-0.15, -0.1) is 0 Å². The number of rotatable bonds is 6. The van der Waals surface area contributed by atoms with Crippen LogP contribution in [0.4, 0.5) is 5.69 Å². The summed E-state index contributed by atoms with van der Waals surface area (Å²) in [5, 5.41) is 22.3. The molecule has 8 heteroatoms. The fourth-order valence-electron chi connectivity index (χ4n) is 1.97. The highest BCUT2D eigenvalue weighted by molar-refractivity contribution is 6.03. The lowest BCUT2D eigenvalue weighted by Gasteiger charge is -2.07. The Morgan fingerprint density at radius 2 is 1.88 bits per heavy atom. The molecule has 25 heavy (non-hydrogen) atoms. The third-order valence-electron chi connectivity index (χ3n) is 3.22. The Morgan fingerprint density at radius 1 is 1.20 bits per heavy atom. The highest BCUT2D eigenvalue weighted by atomic mass is 16.6. The van der Waals surface area contributed by atoms with E-state index in [1.165, 1.54) is 31.4 Å². The Kier molecular flexibility index (Phi) is 5.47. The van der Waals surface area contributed by atoms with Crippen molar-refractivity contribution in [2.24, 2.45) is 0 Å². The molecule has 2 aromatic rings. The summed E-state index contributed by atoms with van der Waals surface area (Å²) in [4.78, 5) is 33.6. The molecule has 8 nitrogen and oxygen atoms in total. The molecule has 128 valence electrons. The molecule has 0 bridgehead atoms. The molecule has 0 aliphatic heterocycles. The van der Waals surface area contributed by atoms with Gasteiger partial charge in [0, 0.05) is 17.7 Å². The second-order valence-electron chi connectivity index (χ2n) is 4.90. The maximum absolute atomic E-state index is 12.2. The van der Waals surface area contributed by atoms with Crippen LogP contribution in [0.3, 0.4) is 0 Å². The average molecular weight is 342 g/mol. The number of hydrogen-bond donors (Lipinski definition) is 2. The van der Waals surface area contributed by atoms with Gasteiger partial charge in [-0.05, 0) is 29.8 Å². The van der Waals surface area contributed by atoms with Gasteiger partial charge in [0.2, 0.25) is 0 Å². The van der Waals surface area contributed by atoms with Gasteiger partial charge in [0.25, 0.3) is 11.6 Å². The van der Waals surface area contributed by atoms with Gasteiger partial charge in [0.05, 0.1) is 12.0 Å². The minimum Gasteiger partial charge on any atom is -0.497 e. The van der Waals surface area contributed by atoms with Gasteiger partial charge < -0.3 is 15.2 Å². The van der Waals surface area contributed by atoms with Crippen LogP contribution in [0.25, 0.3) is 6.08 Å². The number of non-ortho nitro benzene ring substituents is 1. The largest absolute Gasteiger partial charge is 0.497 e. The van der Waals surface area contributed by atoms with Gasteiger partial charge >= 0.3 is 5.97 Å². The topological polar surface area (TPSA) is 119 Å². The van der Waals surface area contributed by atoms with Gasteiger partial charge in [0.1, 0.15) is 11.4 Å². The molecule has 1 amide bonds. The zero-order valence-corrected chi connectivity index (χ0v) is 13.1. The van der Waals surface area contributed by atoms with Gasteiger partial charge in [-0.1, -0.05) is 18.2 Å². The van der Waals surface area contributed by atoms with Crippen molar-refractivity contribution in [3.8, 4) is 5.75 Å². The summed E-state index contributed by atoms with van der Waals surface area (Å²) < 4.78 is 5.01. The Morgan fingerprint density at radius 3 is 2.44 bits per heavy atom. The molecule has 2 aromatic carbocycles. The molecule has 0 saturated heterocycles. The monoisotopic (exact) mass is 342 g/mol. The molecule has 0 unspecified atom stereocenters. The van der Waals surface area contributed by atoms with Crippen molar-refractivity contribution in [2.75, 3.05) is 7.11 Å². The maximum atomic E-state index is 12.2. The zero-order valence-electron chi connectivity index (χ0n) is 13.1. The van der Waals surface area contributed by atoms with E-state index < -0.39 is 16.8 Å². The fraction of sp³-hybridized carbons (Fsp3) is 0.0588. The molecular weight excluding hydrogens is 328 g/mol. The van der Waals surface area contributed by atoms with E-state index in [4.69, 9.17) is 4.74 Å². The molecule has 0 spiro atoms. The minimum atomic E-state index is -1.34. The van der Waals surface area contributed by atoms with Crippen molar-refractivity contribution in [2.45, 2.75) is 0 Å². The van der Waals surface area contributed by atoms with Crippen molar-refractivity contribution in [3.05, 3.63) is 75.5 Å². The van der Waals surface area contributed by atoms with Crippen LogP contribution in [0.2, 0.25) is 0 Å². The molecule has 0 aliphatic carbocycles. The molecule has 2 N–H and O–H groups in total. The summed E-state index contributed by atoms with van der Waals surface area (Å²) in [6.07, 6.45) is 1.27. The Labute approximate surface area is 142 Å². The number of amides is 1. The van der Waals surface area contributed by atoms with E-state index in [0.717, 1.165) is 6.07 Å². The predicted octanol–water partition coefficient (Wildman–Crippen LogP) is 2.46. The van der Waals surface area contributed by atoms with Crippen LogP contribution in [-0.4, -0.2) is 29.0 Å². The number of benzene rings is 2. The number of hydrogen-bond acceptors (Lipinski definition) is 5. The number of nitrogens with one attached hydrogen (secondary N) is 1. The van der Waals surface area contributed by atoms with E-state index >= 15 is 0 Å².